The minimum Gasteiger partial charge on any atom is -0.482 e. The van der Waals surface area contributed by atoms with E-state index in [0.29, 0.717) is 28.7 Å². The first kappa shape index (κ1) is 28.4. The second kappa shape index (κ2) is 11.2. The van der Waals surface area contributed by atoms with Crippen molar-refractivity contribution in [3.8, 4) is 5.75 Å². The molecule has 8 nitrogen and oxygen atoms in total. The molecule has 218 valence electrons. The molecule has 9 heteroatoms. The molecule has 0 unspecified atom stereocenters. The Morgan fingerprint density at radius 1 is 1.00 bits per heavy atom. The first-order valence-electron chi connectivity index (χ1n) is 14.3. The van der Waals surface area contributed by atoms with Crippen molar-refractivity contribution in [3.05, 3.63) is 70.8 Å². The number of allylic oxidation sites excluding steroid dienone is 1. The Morgan fingerprint density at radius 3 is 2.51 bits per heavy atom. The van der Waals surface area contributed by atoms with Gasteiger partial charge in [-0.05, 0) is 86.1 Å². The smallest absolute Gasteiger partial charge is 0.346 e. The Kier molecular flexibility index (Phi) is 7.72. The zero-order valence-electron chi connectivity index (χ0n) is 23.4. The fourth-order valence-corrected chi connectivity index (χ4v) is 7.00. The maximum Gasteiger partial charge on any atom is 0.346 e. The van der Waals surface area contributed by atoms with E-state index in [0.717, 1.165) is 24.8 Å². The average Bonchev–Trinajstić information content (AvgIpc) is 3.20. The fraction of sp³-hybridized carbons (Fsp3) is 0.500. The highest BCUT2D eigenvalue weighted by molar-refractivity contribution is 6.30. The van der Waals surface area contributed by atoms with Crippen LogP contribution in [-0.4, -0.2) is 42.3 Å². The number of hydrogen-bond acceptors (Lipinski definition) is 8. The van der Waals surface area contributed by atoms with Crippen LogP contribution in [-0.2, 0) is 28.8 Å². The molecule has 0 aromatic heterocycles. The number of fused-ring (bicyclic) bond motifs is 2. The number of ketones is 1. The van der Waals surface area contributed by atoms with Crippen LogP contribution in [0, 0.1) is 23.7 Å². The predicted octanol–water partition coefficient (Wildman–Crippen LogP) is 6.37. The van der Waals surface area contributed by atoms with Gasteiger partial charge in [0.15, 0.2) is 24.3 Å². The quantitative estimate of drug-likeness (QED) is 0.161. The highest BCUT2D eigenvalue weighted by Crippen LogP contribution is 2.60. The number of benzene rings is 2. The van der Waals surface area contributed by atoms with Crippen molar-refractivity contribution in [1.29, 1.82) is 0 Å². The standard InChI is InChI=1S/C32H35ClO8/c1-19-4-14-26-20(2)29(38-30-32(26)25(19)16-17-31(3,39-30)40-41-32)37-28(35)18-36-24-12-8-22(9-13-24)27(34)15-7-21-5-10-23(33)11-6-21/h5-13,15,19-20,25-26,29-30H,4,14,16-18H2,1-3H3/b15-7+/t19-,20-,25+,26+,29-,30-,31+,32-/m1/s1. The SMILES string of the molecule is C[C@H]1[C@H](OC(=O)COc2ccc(C(=O)/C=C/c3ccc(Cl)cc3)cc2)O[C@@H]2O[C@]3(C)CC[C@H]4[C@H](C)CC[C@@H]1[C@@]24OO3. The Morgan fingerprint density at radius 2 is 1.76 bits per heavy atom. The van der Waals surface area contributed by atoms with Crippen LogP contribution in [0.1, 0.15) is 62.4 Å². The van der Waals surface area contributed by atoms with Crippen LogP contribution in [0.3, 0.4) is 0 Å². The first-order chi connectivity index (χ1) is 19.7. The lowest BCUT2D eigenvalue weighted by Gasteiger charge is -2.59. The van der Waals surface area contributed by atoms with Crippen molar-refractivity contribution in [2.45, 2.75) is 70.4 Å². The summed E-state index contributed by atoms with van der Waals surface area (Å²) in [5.74, 6) is -0.519. The van der Waals surface area contributed by atoms with Crippen LogP contribution < -0.4 is 4.74 Å². The lowest BCUT2D eigenvalue weighted by atomic mass is 9.58. The maximum atomic E-state index is 12.8. The third kappa shape index (κ3) is 5.44. The molecule has 1 saturated carbocycles. The van der Waals surface area contributed by atoms with Crippen LogP contribution in [0.4, 0.5) is 0 Å². The highest BCUT2D eigenvalue weighted by atomic mass is 35.5. The minimum atomic E-state index is -0.894. The summed E-state index contributed by atoms with van der Waals surface area (Å²) in [4.78, 5) is 37.3. The molecule has 2 aromatic rings. The monoisotopic (exact) mass is 582 g/mol. The Balaban J connectivity index is 1.06. The van der Waals surface area contributed by atoms with Gasteiger partial charge in [0.05, 0.1) is 0 Å². The molecule has 4 heterocycles. The number of carbonyl (C=O) groups excluding carboxylic acids is 2. The molecular formula is C32H35ClO8. The summed E-state index contributed by atoms with van der Waals surface area (Å²) in [6.45, 7) is 5.85. The van der Waals surface area contributed by atoms with E-state index in [1.165, 1.54) is 6.08 Å². The first-order valence-corrected chi connectivity index (χ1v) is 14.6. The average molecular weight is 583 g/mol. The molecule has 4 saturated heterocycles. The molecule has 8 atom stereocenters. The Labute approximate surface area is 244 Å². The van der Waals surface area contributed by atoms with Crippen LogP contribution >= 0.6 is 11.6 Å². The van der Waals surface area contributed by atoms with Gasteiger partial charge >= 0.3 is 5.97 Å². The van der Waals surface area contributed by atoms with Gasteiger partial charge in [0.1, 0.15) is 5.75 Å². The van der Waals surface area contributed by atoms with Crippen molar-refractivity contribution in [2.75, 3.05) is 6.61 Å². The molecule has 5 aliphatic rings. The summed E-state index contributed by atoms with van der Waals surface area (Å²) in [6, 6.07) is 13.8. The number of ether oxygens (including phenoxy) is 4. The molecule has 5 fully saturated rings. The number of hydrogen-bond donors (Lipinski definition) is 0. The van der Waals surface area contributed by atoms with Crippen LogP contribution in [0.15, 0.2) is 54.6 Å². The van der Waals surface area contributed by atoms with Crippen LogP contribution in [0.2, 0.25) is 5.02 Å². The molecule has 1 aliphatic carbocycles. The number of rotatable bonds is 7. The van der Waals surface area contributed by atoms with Gasteiger partial charge in [0, 0.05) is 28.8 Å². The number of carbonyl (C=O) groups is 2. The van der Waals surface area contributed by atoms with Gasteiger partial charge in [-0.3, -0.25) is 4.79 Å². The van der Waals surface area contributed by atoms with Gasteiger partial charge in [0.25, 0.3) is 0 Å². The van der Waals surface area contributed by atoms with E-state index in [1.807, 2.05) is 26.0 Å². The third-order valence-corrected chi connectivity index (χ3v) is 9.39. The van der Waals surface area contributed by atoms with Crippen molar-refractivity contribution < 1.29 is 38.3 Å². The number of esters is 1. The second-order valence-corrected chi connectivity index (χ2v) is 12.3. The molecule has 0 N–H and O–H groups in total. The van der Waals surface area contributed by atoms with E-state index < -0.39 is 29.9 Å². The number of halogens is 1. The molecular weight excluding hydrogens is 548 g/mol. The van der Waals surface area contributed by atoms with Gasteiger partial charge in [-0.15, -0.1) is 0 Å². The normalized spacial score (nSPS) is 35.9. The molecule has 41 heavy (non-hydrogen) atoms. The molecule has 0 radical (unpaired) electrons. The van der Waals surface area contributed by atoms with E-state index in [-0.39, 0.29) is 30.1 Å². The van der Waals surface area contributed by atoms with E-state index in [4.69, 9.17) is 40.3 Å². The molecule has 2 bridgehead atoms. The van der Waals surface area contributed by atoms with Gasteiger partial charge in [0.2, 0.25) is 12.1 Å². The van der Waals surface area contributed by atoms with Crippen LogP contribution in [0.5, 0.6) is 5.75 Å². The summed E-state index contributed by atoms with van der Waals surface area (Å²) < 4.78 is 24.1. The van der Waals surface area contributed by atoms with Crippen LogP contribution in [0.25, 0.3) is 6.08 Å². The Hall–Kier alpha value is -2.75. The molecule has 1 spiro atoms. The van der Waals surface area contributed by atoms with E-state index >= 15 is 0 Å². The van der Waals surface area contributed by atoms with Crippen molar-refractivity contribution in [2.24, 2.45) is 23.7 Å². The van der Waals surface area contributed by atoms with E-state index in [2.05, 4.69) is 6.92 Å². The topological polar surface area (TPSA) is 89.5 Å². The van der Waals surface area contributed by atoms with Gasteiger partial charge < -0.3 is 18.9 Å². The summed E-state index contributed by atoms with van der Waals surface area (Å²) in [6.07, 6.45) is 5.37. The second-order valence-electron chi connectivity index (χ2n) is 11.8. The summed E-state index contributed by atoms with van der Waals surface area (Å²) in [7, 11) is 0. The zero-order valence-corrected chi connectivity index (χ0v) is 24.2. The zero-order chi connectivity index (χ0) is 28.8. The lowest BCUT2D eigenvalue weighted by Crippen LogP contribution is -2.70. The summed E-state index contributed by atoms with van der Waals surface area (Å²) in [5.41, 5.74) is 0.662. The Bertz CT molecular complexity index is 1310. The predicted molar refractivity (Wildman–Crippen MR) is 150 cm³/mol. The summed E-state index contributed by atoms with van der Waals surface area (Å²) >= 11 is 5.90. The minimum absolute atomic E-state index is 0.0580. The fourth-order valence-electron chi connectivity index (χ4n) is 6.87. The van der Waals surface area contributed by atoms with Gasteiger partial charge in [-0.1, -0.05) is 43.7 Å². The van der Waals surface area contributed by atoms with E-state index in [9.17, 15) is 9.59 Å². The molecule has 4 aliphatic heterocycles. The van der Waals surface area contributed by atoms with Gasteiger partial charge in [-0.2, -0.15) is 0 Å². The van der Waals surface area contributed by atoms with Gasteiger partial charge in [-0.25, -0.2) is 14.6 Å². The lowest BCUT2D eigenvalue weighted by molar-refractivity contribution is -0.576. The molecule has 7 rings (SSSR count). The highest BCUT2D eigenvalue weighted by Gasteiger charge is 2.69. The van der Waals surface area contributed by atoms with Crippen molar-refractivity contribution in [1.82, 2.24) is 0 Å². The van der Waals surface area contributed by atoms with Crippen molar-refractivity contribution in [3.63, 3.8) is 0 Å². The molecule has 2 aromatic carbocycles. The third-order valence-electron chi connectivity index (χ3n) is 9.14. The maximum absolute atomic E-state index is 12.8. The largest absolute Gasteiger partial charge is 0.482 e. The van der Waals surface area contributed by atoms with Crippen molar-refractivity contribution >= 4 is 29.4 Å². The van der Waals surface area contributed by atoms with E-state index in [1.54, 1.807) is 42.5 Å². The molecule has 0 amide bonds. The summed E-state index contributed by atoms with van der Waals surface area (Å²) in [5, 5.41) is 0.638.